The second-order valence-corrected chi connectivity index (χ2v) is 5.31. The standard InChI is InChI=1S/C9H12FN3O4S/c1-6(5-11)12-18(16,17)9-4-7(13(14)15)2-3-8(9)10/h2-4,6,12H,5,11H2,1H3/t6-/m1/s1. The molecule has 9 heteroatoms. The Balaban J connectivity index is 3.23. The maximum atomic E-state index is 13.4. The first-order chi connectivity index (χ1) is 8.27. The van der Waals surface area contributed by atoms with Crippen molar-refractivity contribution in [2.24, 2.45) is 5.73 Å². The van der Waals surface area contributed by atoms with Gasteiger partial charge in [0.2, 0.25) is 10.0 Å². The average Bonchev–Trinajstić information content (AvgIpc) is 2.28. The average molecular weight is 277 g/mol. The van der Waals surface area contributed by atoms with Crippen LogP contribution >= 0.6 is 0 Å². The van der Waals surface area contributed by atoms with E-state index >= 15 is 0 Å². The molecule has 0 aliphatic rings. The van der Waals surface area contributed by atoms with Crippen LogP contribution in [0.3, 0.4) is 0 Å². The molecule has 0 fully saturated rings. The van der Waals surface area contributed by atoms with Crippen molar-refractivity contribution in [2.45, 2.75) is 17.9 Å². The summed E-state index contributed by atoms with van der Waals surface area (Å²) in [5.41, 5.74) is 4.74. The van der Waals surface area contributed by atoms with Crippen LogP contribution in [-0.2, 0) is 10.0 Å². The topological polar surface area (TPSA) is 115 Å². The van der Waals surface area contributed by atoms with Gasteiger partial charge in [0.15, 0.2) is 0 Å². The van der Waals surface area contributed by atoms with Crippen molar-refractivity contribution in [1.29, 1.82) is 0 Å². The molecule has 1 rings (SSSR count). The van der Waals surface area contributed by atoms with E-state index in [0.717, 1.165) is 12.1 Å². The van der Waals surface area contributed by atoms with Gasteiger partial charge < -0.3 is 5.73 Å². The number of nitro groups is 1. The molecule has 0 saturated heterocycles. The Labute approximate surface area is 103 Å². The minimum absolute atomic E-state index is 0.0236. The van der Waals surface area contributed by atoms with E-state index in [-0.39, 0.29) is 6.54 Å². The summed E-state index contributed by atoms with van der Waals surface area (Å²) in [5, 5.41) is 10.5. The van der Waals surface area contributed by atoms with Crippen LogP contribution in [0, 0.1) is 15.9 Å². The third-order valence-electron chi connectivity index (χ3n) is 2.13. The molecule has 3 N–H and O–H groups in total. The lowest BCUT2D eigenvalue weighted by atomic mass is 10.3. The molecule has 0 heterocycles. The molecule has 1 aromatic carbocycles. The van der Waals surface area contributed by atoms with Crippen molar-refractivity contribution < 1.29 is 17.7 Å². The molecule has 0 unspecified atom stereocenters. The van der Waals surface area contributed by atoms with Gasteiger partial charge in [-0.25, -0.2) is 17.5 Å². The van der Waals surface area contributed by atoms with E-state index in [4.69, 9.17) is 5.73 Å². The smallest absolute Gasteiger partial charge is 0.270 e. The first-order valence-corrected chi connectivity index (χ1v) is 6.42. The number of sulfonamides is 1. The molecule has 0 saturated carbocycles. The van der Waals surface area contributed by atoms with Crippen LogP contribution in [-0.4, -0.2) is 25.9 Å². The van der Waals surface area contributed by atoms with Crippen molar-refractivity contribution >= 4 is 15.7 Å². The molecule has 1 atom stereocenters. The molecule has 0 spiro atoms. The van der Waals surface area contributed by atoms with Gasteiger partial charge >= 0.3 is 0 Å². The lowest BCUT2D eigenvalue weighted by Crippen LogP contribution is -2.38. The second-order valence-electron chi connectivity index (χ2n) is 3.63. The van der Waals surface area contributed by atoms with Crippen molar-refractivity contribution in [3.05, 3.63) is 34.1 Å². The van der Waals surface area contributed by atoms with E-state index in [9.17, 15) is 22.9 Å². The number of nitrogens with one attached hydrogen (secondary N) is 1. The van der Waals surface area contributed by atoms with Crippen molar-refractivity contribution in [2.75, 3.05) is 6.54 Å². The number of nitrogens with two attached hydrogens (primary N) is 1. The number of nitro benzene ring substituents is 1. The Morgan fingerprint density at radius 2 is 2.17 bits per heavy atom. The largest absolute Gasteiger partial charge is 0.329 e. The minimum atomic E-state index is -4.17. The Kier molecular flexibility index (Phi) is 4.33. The van der Waals surface area contributed by atoms with Gasteiger partial charge in [-0.3, -0.25) is 10.1 Å². The third kappa shape index (κ3) is 3.22. The summed E-state index contributed by atoms with van der Waals surface area (Å²) in [6.45, 7) is 1.52. The predicted octanol–water partition coefficient (Wildman–Crippen LogP) is 0.359. The maximum Gasteiger partial charge on any atom is 0.270 e. The fourth-order valence-electron chi connectivity index (χ4n) is 1.19. The number of rotatable bonds is 5. The van der Waals surface area contributed by atoms with Crippen LogP contribution in [0.1, 0.15) is 6.92 Å². The van der Waals surface area contributed by atoms with Gasteiger partial charge in [0.1, 0.15) is 10.7 Å². The van der Waals surface area contributed by atoms with Crippen LogP contribution < -0.4 is 10.5 Å². The molecule has 100 valence electrons. The molecule has 18 heavy (non-hydrogen) atoms. The van der Waals surface area contributed by atoms with Gasteiger partial charge in [-0.15, -0.1) is 0 Å². The zero-order chi connectivity index (χ0) is 13.9. The molecular weight excluding hydrogens is 265 g/mol. The van der Waals surface area contributed by atoms with Gasteiger partial charge in [-0.1, -0.05) is 0 Å². The number of halogens is 1. The molecular formula is C9H12FN3O4S. The van der Waals surface area contributed by atoms with E-state index in [0.29, 0.717) is 6.07 Å². The quantitative estimate of drug-likeness (QED) is 0.595. The molecule has 0 radical (unpaired) electrons. The van der Waals surface area contributed by atoms with Crippen LogP contribution in [0.15, 0.2) is 23.1 Å². The van der Waals surface area contributed by atoms with Gasteiger partial charge in [-0.05, 0) is 13.0 Å². The fourth-order valence-corrected chi connectivity index (χ4v) is 2.54. The number of hydrogen-bond donors (Lipinski definition) is 2. The lowest BCUT2D eigenvalue weighted by molar-refractivity contribution is -0.385. The van der Waals surface area contributed by atoms with E-state index in [1.807, 2.05) is 0 Å². The summed E-state index contributed by atoms with van der Waals surface area (Å²) in [5.74, 6) is -1.06. The van der Waals surface area contributed by atoms with Gasteiger partial charge in [0.05, 0.1) is 4.92 Å². The summed E-state index contributed by atoms with van der Waals surface area (Å²) in [6, 6.07) is 1.69. The van der Waals surface area contributed by atoms with Crippen LogP contribution in [0.5, 0.6) is 0 Å². The Hall–Kier alpha value is -1.58. The van der Waals surface area contributed by atoms with E-state index in [1.165, 1.54) is 6.92 Å². The summed E-state index contributed by atoms with van der Waals surface area (Å²) >= 11 is 0. The SMILES string of the molecule is C[C@H](CN)NS(=O)(=O)c1cc([N+](=O)[O-])ccc1F. The molecule has 0 aliphatic heterocycles. The highest BCUT2D eigenvalue weighted by Gasteiger charge is 2.23. The summed E-state index contributed by atoms with van der Waals surface area (Å²) in [7, 11) is -4.17. The first-order valence-electron chi connectivity index (χ1n) is 4.94. The van der Waals surface area contributed by atoms with Gasteiger partial charge in [-0.2, -0.15) is 0 Å². The first kappa shape index (κ1) is 14.5. The maximum absolute atomic E-state index is 13.4. The van der Waals surface area contributed by atoms with Crippen LogP contribution in [0.25, 0.3) is 0 Å². The Morgan fingerprint density at radius 3 is 2.67 bits per heavy atom. The van der Waals surface area contributed by atoms with Gasteiger partial charge in [0, 0.05) is 24.7 Å². The highest BCUT2D eigenvalue weighted by atomic mass is 32.2. The minimum Gasteiger partial charge on any atom is -0.329 e. The zero-order valence-corrected chi connectivity index (χ0v) is 10.3. The highest BCUT2D eigenvalue weighted by Crippen LogP contribution is 2.21. The molecule has 0 bridgehead atoms. The Morgan fingerprint density at radius 1 is 1.56 bits per heavy atom. The highest BCUT2D eigenvalue weighted by molar-refractivity contribution is 7.89. The third-order valence-corrected chi connectivity index (χ3v) is 3.73. The van der Waals surface area contributed by atoms with E-state index in [2.05, 4.69) is 4.72 Å². The summed E-state index contributed by atoms with van der Waals surface area (Å²) < 4.78 is 39.1. The number of non-ortho nitro benzene ring substituents is 1. The zero-order valence-electron chi connectivity index (χ0n) is 9.46. The second kappa shape index (κ2) is 5.38. The lowest BCUT2D eigenvalue weighted by Gasteiger charge is -2.12. The molecule has 1 aromatic rings. The van der Waals surface area contributed by atoms with Crippen LogP contribution in [0.4, 0.5) is 10.1 Å². The predicted molar refractivity (Wildman–Crippen MR) is 61.9 cm³/mol. The molecule has 0 amide bonds. The normalized spacial score (nSPS) is 13.3. The molecule has 7 nitrogen and oxygen atoms in total. The fraction of sp³-hybridized carbons (Fsp3) is 0.333. The van der Waals surface area contributed by atoms with Crippen molar-refractivity contribution in [1.82, 2.24) is 4.72 Å². The van der Waals surface area contributed by atoms with E-state index in [1.54, 1.807) is 0 Å². The monoisotopic (exact) mass is 277 g/mol. The summed E-state index contributed by atoms with van der Waals surface area (Å²) in [4.78, 5) is 8.95. The number of nitrogens with zero attached hydrogens (tertiary/aromatic N) is 1. The van der Waals surface area contributed by atoms with Crippen LogP contribution in [0.2, 0.25) is 0 Å². The number of benzene rings is 1. The van der Waals surface area contributed by atoms with Crippen molar-refractivity contribution in [3.63, 3.8) is 0 Å². The molecule has 0 aliphatic carbocycles. The summed E-state index contributed by atoms with van der Waals surface area (Å²) in [6.07, 6.45) is 0. The number of hydrogen-bond acceptors (Lipinski definition) is 5. The Bertz CT molecular complexity index is 561. The van der Waals surface area contributed by atoms with Crippen molar-refractivity contribution in [3.8, 4) is 0 Å². The van der Waals surface area contributed by atoms with E-state index < -0.39 is 37.4 Å². The molecule has 0 aromatic heterocycles. The van der Waals surface area contributed by atoms with Gasteiger partial charge in [0.25, 0.3) is 5.69 Å².